The molecule has 0 saturated carbocycles. The van der Waals surface area contributed by atoms with Crippen molar-refractivity contribution in [2.45, 2.75) is 46.1 Å². The van der Waals surface area contributed by atoms with Crippen molar-refractivity contribution in [3.8, 4) is 0 Å². The summed E-state index contributed by atoms with van der Waals surface area (Å²) in [5.74, 6) is 0.640. The van der Waals surface area contributed by atoms with E-state index >= 15 is 0 Å². The SMILES string of the molecule is Cc1ncc(Nc2cccc(CCNC(=O)[C@H](C)N(C)C(=O)/C=C/CN(C)C)c2)nc1C(C)C. The van der Waals surface area contributed by atoms with Gasteiger partial charge in [-0.3, -0.25) is 14.6 Å². The van der Waals surface area contributed by atoms with E-state index in [2.05, 4.69) is 34.4 Å². The van der Waals surface area contributed by atoms with Gasteiger partial charge in [0, 0.05) is 31.9 Å². The van der Waals surface area contributed by atoms with Crippen LogP contribution in [0.5, 0.6) is 0 Å². The van der Waals surface area contributed by atoms with Gasteiger partial charge in [-0.05, 0) is 58.0 Å². The van der Waals surface area contributed by atoms with E-state index < -0.39 is 6.04 Å². The lowest BCUT2D eigenvalue weighted by atomic mass is 10.1. The number of rotatable bonds is 11. The van der Waals surface area contributed by atoms with Gasteiger partial charge in [0.2, 0.25) is 11.8 Å². The third kappa shape index (κ3) is 8.26. The number of nitrogens with zero attached hydrogens (tertiary/aromatic N) is 4. The second-order valence-electron chi connectivity index (χ2n) is 9.04. The number of hydrogen-bond acceptors (Lipinski definition) is 6. The molecular formula is C26H38N6O2. The van der Waals surface area contributed by atoms with E-state index in [-0.39, 0.29) is 11.8 Å². The Bertz CT molecular complexity index is 1000. The number of aryl methyl sites for hydroxylation is 1. The van der Waals surface area contributed by atoms with Crippen LogP contribution in [0.15, 0.2) is 42.6 Å². The van der Waals surface area contributed by atoms with Gasteiger partial charge in [-0.2, -0.15) is 0 Å². The minimum absolute atomic E-state index is 0.178. The lowest BCUT2D eigenvalue weighted by Crippen LogP contribution is -2.45. The standard InChI is InChI=1S/C26H38N6O2/c1-18(2)25-19(3)28-17-23(30-25)29-22-11-8-10-21(16-22)13-14-27-26(34)20(4)32(7)24(33)12-9-15-31(5)6/h8-12,16-18,20H,13-15H2,1-7H3,(H,27,34)(H,29,30)/b12-9+/t20-/m0/s1. The third-order valence-corrected chi connectivity index (χ3v) is 5.49. The molecule has 0 radical (unpaired) electrons. The maximum absolute atomic E-state index is 12.5. The minimum atomic E-state index is -0.556. The first-order chi connectivity index (χ1) is 16.1. The molecule has 0 bridgehead atoms. The van der Waals surface area contributed by atoms with Crippen LogP contribution in [0.4, 0.5) is 11.5 Å². The molecule has 8 heteroatoms. The Kier molecular flexibility index (Phi) is 10.2. The second-order valence-corrected chi connectivity index (χ2v) is 9.04. The summed E-state index contributed by atoms with van der Waals surface area (Å²) in [4.78, 5) is 37.3. The fourth-order valence-corrected chi connectivity index (χ4v) is 3.35. The second kappa shape index (κ2) is 12.8. The zero-order valence-electron chi connectivity index (χ0n) is 21.4. The van der Waals surface area contributed by atoms with Crippen LogP contribution in [0.1, 0.15) is 43.6 Å². The number of hydrogen-bond donors (Lipinski definition) is 2. The molecule has 1 heterocycles. The molecular weight excluding hydrogens is 428 g/mol. The van der Waals surface area contributed by atoms with Crippen LogP contribution < -0.4 is 10.6 Å². The van der Waals surface area contributed by atoms with Crippen LogP contribution in [0.2, 0.25) is 0 Å². The summed E-state index contributed by atoms with van der Waals surface area (Å²) in [7, 11) is 5.50. The highest BCUT2D eigenvalue weighted by atomic mass is 16.2. The van der Waals surface area contributed by atoms with Crippen LogP contribution in [-0.4, -0.2) is 71.9 Å². The zero-order chi connectivity index (χ0) is 25.3. The largest absolute Gasteiger partial charge is 0.354 e. The van der Waals surface area contributed by atoms with E-state index in [9.17, 15) is 9.59 Å². The van der Waals surface area contributed by atoms with Gasteiger partial charge >= 0.3 is 0 Å². The average Bonchev–Trinajstić information content (AvgIpc) is 2.79. The van der Waals surface area contributed by atoms with Crippen LogP contribution in [-0.2, 0) is 16.0 Å². The van der Waals surface area contributed by atoms with E-state index in [1.54, 1.807) is 26.2 Å². The lowest BCUT2D eigenvalue weighted by Gasteiger charge is -2.23. The Morgan fingerprint density at radius 1 is 1.15 bits per heavy atom. The highest BCUT2D eigenvalue weighted by Crippen LogP contribution is 2.20. The fraction of sp³-hybridized carbons (Fsp3) is 0.462. The molecule has 8 nitrogen and oxygen atoms in total. The fourth-order valence-electron chi connectivity index (χ4n) is 3.35. The number of aromatic nitrogens is 2. The normalized spacial score (nSPS) is 12.3. The first-order valence-electron chi connectivity index (χ1n) is 11.6. The van der Waals surface area contributed by atoms with Gasteiger partial charge in [0.1, 0.15) is 11.9 Å². The summed E-state index contributed by atoms with van der Waals surface area (Å²) in [6.07, 6.45) is 5.70. The van der Waals surface area contributed by atoms with Crippen molar-refractivity contribution in [2.75, 3.05) is 39.5 Å². The molecule has 2 N–H and O–H groups in total. The van der Waals surface area contributed by atoms with Crippen LogP contribution >= 0.6 is 0 Å². The van der Waals surface area contributed by atoms with E-state index in [1.807, 2.05) is 50.2 Å². The van der Waals surface area contributed by atoms with Crippen molar-refractivity contribution >= 4 is 23.3 Å². The monoisotopic (exact) mass is 466 g/mol. The first-order valence-corrected chi connectivity index (χ1v) is 11.6. The Morgan fingerprint density at radius 3 is 2.56 bits per heavy atom. The molecule has 0 aliphatic carbocycles. The van der Waals surface area contributed by atoms with Crippen molar-refractivity contribution in [1.29, 1.82) is 0 Å². The molecule has 0 aliphatic rings. The molecule has 0 aliphatic heterocycles. The van der Waals surface area contributed by atoms with Crippen LogP contribution in [0, 0.1) is 6.92 Å². The summed E-state index contributed by atoms with van der Waals surface area (Å²) in [5.41, 5.74) is 3.92. The Morgan fingerprint density at radius 2 is 1.88 bits per heavy atom. The predicted octanol–water partition coefficient (Wildman–Crippen LogP) is 3.28. The Balaban J connectivity index is 1.89. The van der Waals surface area contributed by atoms with Crippen molar-refractivity contribution in [3.05, 3.63) is 59.6 Å². The number of benzene rings is 1. The van der Waals surface area contributed by atoms with E-state index in [1.165, 1.54) is 11.0 Å². The average molecular weight is 467 g/mol. The number of amides is 2. The van der Waals surface area contributed by atoms with Crippen LogP contribution in [0.3, 0.4) is 0 Å². The smallest absolute Gasteiger partial charge is 0.246 e. The van der Waals surface area contributed by atoms with Gasteiger partial charge in [0.25, 0.3) is 0 Å². The summed E-state index contributed by atoms with van der Waals surface area (Å²) >= 11 is 0. The molecule has 0 fully saturated rings. The molecule has 2 rings (SSSR count). The maximum atomic E-state index is 12.5. The topological polar surface area (TPSA) is 90.5 Å². The Labute approximate surface area is 203 Å². The highest BCUT2D eigenvalue weighted by molar-refractivity contribution is 5.92. The van der Waals surface area contributed by atoms with Gasteiger partial charge in [0.05, 0.1) is 17.6 Å². The summed E-state index contributed by atoms with van der Waals surface area (Å²) in [6, 6.07) is 7.45. The number of carbonyl (C=O) groups excluding carboxylic acids is 2. The zero-order valence-corrected chi connectivity index (χ0v) is 21.4. The highest BCUT2D eigenvalue weighted by Gasteiger charge is 2.20. The van der Waals surface area contributed by atoms with Gasteiger partial charge in [-0.15, -0.1) is 0 Å². The summed E-state index contributed by atoms with van der Waals surface area (Å²) in [5, 5.41) is 6.25. The molecule has 0 unspecified atom stereocenters. The van der Waals surface area contributed by atoms with E-state index in [4.69, 9.17) is 0 Å². The first kappa shape index (κ1) is 27.0. The van der Waals surface area contributed by atoms with Gasteiger partial charge in [-0.1, -0.05) is 32.1 Å². The number of nitrogens with one attached hydrogen (secondary N) is 2. The number of likely N-dealkylation sites (N-methyl/N-ethyl adjacent to an activating group) is 2. The van der Waals surface area contributed by atoms with Crippen molar-refractivity contribution in [3.63, 3.8) is 0 Å². The van der Waals surface area contributed by atoms with Crippen LogP contribution in [0.25, 0.3) is 0 Å². The quantitative estimate of drug-likeness (QED) is 0.494. The number of carbonyl (C=O) groups is 2. The minimum Gasteiger partial charge on any atom is -0.354 e. The maximum Gasteiger partial charge on any atom is 0.246 e. The molecule has 1 aromatic carbocycles. The van der Waals surface area contributed by atoms with Crippen molar-refractivity contribution in [1.82, 2.24) is 25.1 Å². The lowest BCUT2D eigenvalue weighted by molar-refractivity contribution is -0.135. The molecule has 184 valence electrons. The van der Waals surface area contributed by atoms with E-state index in [0.29, 0.717) is 31.2 Å². The molecule has 2 aromatic rings. The van der Waals surface area contributed by atoms with Crippen molar-refractivity contribution in [2.24, 2.45) is 0 Å². The van der Waals surface area contributed by atoms with E-state index in [0.717, 1.165) is 22.6 Å². The number of anilines is 2. The predicted molar refractivity (Wildman–Crippen MR) is 137 cm³/mol. The Hall–Kier alpha value is -3.26. The molecule has 1 atom stereocenters. The van der Waals surface area contributed by atoms with Gasteiger partial charge in [0.15, 0.2) is 0 Å². The molecule has 0 saturated heterocycles. The summed E-state index contributed by atoms with van der Waals surface area (Å²) < 4.78 is 0. The van der Waals surface area contributed by atoms with Gasteiger partial charge < -0.3 is 20.4 Å². The molecule has 1 aromatic heterocycles. The summed E-state index contributed by atoms with van der Waals surface area (Å²) in [6.45, 7) is 9.05. The van der Waals surface area contributed by atoms with Crippen molar-refractivity contribution < 1.29 is 9.59 Å². The third-order valence-electron chi connectivity index (χ3n) is 5.49. The molecule has 0 spiro atoms. The van der Waals surface area contributed by atoms with Gasteiger partial charge in [-0.25, -0.2) is 4.98 Å². The molecule has 2 amide bonds. The molecule has 34 heavy (non-hydrogen) atoms.